The highest BCUT2D eigenvalue weighted by Crippen LogP contribution is 2.47. The van der Waals surface area contributed by atoms with E-state index >= 15 is 0 Å². The molecule has 0 saturated carbocycles. The van der Waals surface area contributed by atoms with Crippen LogP contribution in [0.2, 0.25) is 0 Å². The molecule has 1 atom stereocenters. The molecule has 0 bridgehead atoms. The minimum absolute atomic E-state index is 0.0592. The van der Waals surface area contributed by atoms with Gasteiger partial charge in [-0.25, -0.2) is 13.6 Å². The van der Waals surface area contributed by atoms with Crippen LogP contribution in [0.5, 0.6) is 0 Å². The van der Waals surface area contributed by atoms with Crippen LogP contribution in [0.15, 0.2) is 0 Å². The van der Waals surface area contributed by atoms with Crippen molar-refractivity contribution in [1.29, 1.82) is 0 Å². The molecule has 0 aromatic carbocycles. The van der Waals surface area contributed by atoms with Gasteiger partial charge < -0.3 is 15.0 Å². The van der Waals surface area contributed by atoms with Crippen molar-refractivity contribution < 1.29 is 18.3 Å². The predicted octanol–water partition coefficient (Wildman–Crippen LogP) is 2.24. The molecular formula is C13H22F2N2O2. The van der Waals surface area contributed by atoms with Crippen molar-refractivity contribution in [2.75, 3.05) is 26.2 Å². The van der Waals surface area contributed by atoms with Crippen molar-refractivity contribution in [3.8, 4) is 0 Å². The number of halogens is 2. The molecule has 0 aromatic rings. The van der Waals surface area contributed by atoms with Gasteiger partial charge in [-0.15, -0.1) is 0 Å². The van der Waals surface area contributed by atoms with Gasteiger partial charge in [0.2, 0.25) is 0 Å². The van der Waals surface area contributed by atoms with Gasteiger partial charge in [-0.1, -0.05) is 0 Å². The largest absolute Gasteiger partial charge is 0.444 e. The zero-order valence-corrected chi connectivity index (χ0v) is 11.8. The van der Waals surface area contributed by atoms with Crippen molar-refractivity contribution in [1.82, 2.24) is 10.2 Å². The van der Waals surface area contributed by atoms with Gasteiger partial charge in [0.25, 0.3) is 5.92 Å². The van der Waals surface area contributed by atoms with E-state index in [-0.39, 0.29) is 26.1 Å². The van der Waals surface area contributed by atoms with Gasteiger partial charge in [-0.3, -0.25) is 0 Å². The second-order valence-corrected chi connectivity index (χ2v) is 6.56. The summed E-state index contributed by atoms with van der Waals surface area (Å²) in [7, 11) is 0. The molecule has 6 heteroatoms. The molecule has 0 aliphatic carbocycles. The van der Waals surface area contributed by atoms with E-state index in [4.69, 9.17) is 4.74 Å². The number of amides is 1. The Morgan fingerprint density at radius 2 is 2.00 bits per heavy atom. The van der Waals surface area contributed by atoms with E-state index in [1.54, 1.807) is 20.8 Å². The monoisotopic (exact) mass is 276 g/mol. The van der Waals surface area contributed by atoms with Crippen molar-refractivity contribution in [3.63, 3.8) is 0 Å². The summed E-state index contributed by atoms with van der Waals surface area (Å²) in [5, 5.41) is 2.99. The fourth-order valence-corrected chi connectivity index (χ4v) is 2.77. The third-order valence-electron chi connectivity index (χ3n) is 3.86. The number of ether oxygens (including phenoxy) is 1. The molecule has 110 valence electrons. The van der Waals surface area contributed by atoms with E-state index in [1.165, 1.54) is 4.90 Å². The molecule has 0 aromatic heterocycles. The smallest absolute Gasteiger partial charge is 0.410 e. The normalized spacial score (nSPS) is 30.7. The number of piperidine rings is 1. The number of rotatable bonds is 0. The van der Waals surface area contributed by atoms with Crippen molar-refractivity contribution in [2.24, 2.45) is 5.41 Å². The molecule has 4 nitrogen and oxygen atoms in total. The lowest BCUT2D eigenvalue weighted by Gasteiger charge is -2.45. The third-order valence-corrected chi connectivity index (χ3v) is 3.86. The summed E-state index contributed by atoms with van der Waals surface area (Å²) < 4.78 is 33.5. The summed E-state index contributed by atoms with van der Waals surface area (Å²) in [6.45, 7) is 6.30. The average molecular weight is 276 g/mol. The molecule has 2 aliphatic heterocycles. The summed E-state index contributed by atoms with van der Waals surface area (Å²) in [5.41, 5.74) is -1.72. The van der Waals surface area contributed by atoms with Crippen LogP contribution >= 0.6 is 0 Å². The fourth-order valence-electron chi connectivity index (χ4n) is 2.77. The first-order chi connectivity index (χ1) is 8.65. The Morgan fingerprint density at radius 3 is 2.53 bits per heavy atom. The zero-order chi connectivity index (χ0) is 14.3. The Hall–Kier alpha value is -0.910. The lowest BCUT2D eigenvalue weighted by Crippen LogP contribution is -2.58. The second kappa shape index (κ2) is 4.58. The molecule has 0 radical (unpaired) electrons. The molecule has 1 N–H and O–H groups in total. The number of carbonyl (C=O) groups excluding carboxylic acids is 1. The van der Waals surface area contributed by atoms with Gasteiger partial charge >= 0.3 is 6.09 Å². The maximum atomic E-state index is 14.1. The minimum Gasteiger partial charge on any atom is -0.444 e. The average Bonchev–Trinajstić information content (AvgIpc) is 2.70. The quantitative estimate of drug-likeness (QED) is 0.738. The van der Waals surface area contributed by atoms with Gasteiger partial charge in [0.05, 0.1) is 5.41 Å². The minimum atomic E-state index is -2.71. The lowest BCUT2D eigenvalue weighted by atomic mass is 9.76. The van der Waals surface area contributed by atoms with Crippen molar-refractivity contribution >= 4 is 6.09 Å². The number of hydrogen-bond donors (Lipinski definition) is 1. The zero-order valence-electron chi connectivity index (χ0n) is 11.8. The standard InChI is InChI=1S/C13H22F2N2O2/c1-11(2,3)19-10(18)17-7-5-13(14,15)12(9-17)4-6-16-8-12/h16H,4-9H2,1-3H3/t12-/m1/s1. The molecule has 19 heavy (non-hydrogen) atoms. The molecule has 1 spiro atoms. The van der Waals surface area contributed by atoms with E-state index in [0.29, 0.717) is 13.0 Å². The summed E-state index contributed by atoms with van der Waals surface area (Å²) in [6, 6.07) is 0. The van der Waals surface area contributed by atoms with Crippen LogP contribution in [0.25, 0.3) is 0 Å². The highest BCUT2D eigenvalue weighted by atomic mass is 19.3. The van der Waals surface area contributed by atoms with Crippen LogP contribution in [-0.2, 0) is 4.74 Å². The molecule has 2 fully saturated rings. The number of likely N-dealkylation sites (tertiary alicyclic amines) is 1. The summed E-state index contributed by atoms with van der Waals surface area (Å²) in [6.07, 6.45) is -0.373. The van der Waals surface area contributed by atoms with Crippen LogP contribution < -0.4 is 5.32 Å². The lowest BCUT2D eigenvalue weighted by molar-refractivity contribution is -0.155. The number of carbonyl (C=O) groups is 1. The number of hydrogen-bond acceptors (Lipinski definition) is 3. The maximum absolute atomic E-state index is 14.1. The highest BCUT2D eigenvalue weighted by Gasteiger charge is 2.58. The van der Waals surface area contributed by atoms with E-state index in [1.807, 2.05) is 0 Å². The van der Waals surface area contributed by atoms with Crippen molar-refractivity contribution in [2.45, 2.75) is 45.1 Å². The van der Waals surface area contributed by atoms with Gasteiger partial charge in [0.1, 0.15) is 5.60 Å². The van der Waals surface area contributed by atoms with E-state index in [0.717, 1.165) is 0 Å². The topological polar surface area (TPSA) is 41.6 Å². The van der Waals surface area contributed by atoms with Crippen molar-refractivity contribution in [3.05, 3.63) is 0 Å². The number of nitrogens with one attached hydrogen (secondary N) is 1. The predicted molar refractivity (Wildman–Crippen MR) is 67.3 cm³/mol. The van der Waals surface area contributed by atoms with Crippen LogP contribution in [0.3, 0.4) is 0 Å². The van der Waals surface area contributed by atoms with Gasteiger partial charge in [0.15, 0.2) is 0 Å². The van der Waals surface area contributed by atoms with Crippen LogP contribution in [-0.4, -0.2) is 48.7 Å². The fraction of sp³-hybridized carbons (Fsp3) is 0.923. The van der Waals surface area contributed by atoms with Crippen LogP contribution in [0.1, 0.15) is 33.6 Å². The highest BCUT2D eigenvalue weighted by molar-refractivity contribution is 5.68. The van der Waals surface area contributed by atoms with Gasteiger partial charge in [-0.05, 0) is 33.7 Å². The van der Waals surface area contributed by atoms with Crippen LogP contribution in [0.4, 0.5) is 13.6 Å². The molecule has 0 unspecified atom stereocenters. The Bertz CT molecular complexity index is 360. The Kier molecular flexibility index (Phi) is 3.49. The molecule has 2 heterocycles. The molecular weight excluding hydrogens is 254 g/mol. The SMILES string of the molecule is CC(C)(C)OC(=O)N1CCC(F)(F)[C@@]2(CCNC2)C1. The maximum Gasteiger partial charge on any atom is 0.410 e. The molecule has 1 amide bonds. The Labute approximate surface area is 112 Å². The first kappa shape index (κ1) is 14.5. The molecule has 2 aliphatic rings. The molecule has 2 rings (SSSR count). The first-order valence-electron chi connectivity index (χ1n) is 6.72. The van der Waals surface area contributed by atoms with Gasteiger partial charge in [0, 0.05) is 26.1 Å². The van der Waals surface area contributed by atoms with E-state index in [2.05, 4.69) is 5.32 Å². The Morgan fingerprint density at radius 1 is 1.32 bits per heavy atom. The summed E-state index contributed by atoms with van der Waals surface area (Å²) in [4.78, 5) is 13.4. The van der Waals surface area contributed by atoms with Gasteiger partial charge in [-0.2, -0.15) is 0 Å². The van der Waals surface area contributed by atoms with Crippen LogP contribution in [0, 0.1) is 5.41 Å². The van der Waals surface area contributed by atoms with E-state index < -0.39 is 23.0 Å². The molecule has 2 saturated heterocycles. The summed E-state index contributed by atoms with van der Waals surface area (Å²) in [5.74, 6) is -2.71. The number of nitrogens with zero attached hydrogens (tertiary/aromatic N) is 1. The van der Waals surface area contributed by atoms with E-state index in [9.17, 15) is 13.6 Å². The number of alkyl halides is 2. The Balaban J connectivity index is 2.08. The first-order valence-corrected chi connectivity index (χ1v) is 6.72. The third kappa shape index (κ3) is 2.83. The summed E-state index contributed by atoms with van der Waals surface area (Å²) >= 11 is 0. The second-order valence-electron chi connectivity index (χ2n) is 6.56.